The SMILES string of the molecule is Cl.O=C(O)C1CC(c2cccnc2)NNC1=O. The minimum Gasteiger partial charge on any atom is -0.481 e. The van der Waals surface area contributed by atoms with Crippen molar-refractivity contribution in [2.24, 2.45) is 5.92 Å². The van der Waals surface area contributed by atoms with Crippen LogP contribution in [0.2, 0.25) is 0 Å². The summed E-state index contributed by atoms with van der Waals surface area (Å²) in [6.45, 7) is 0. The summed E-state index contributed by atoms with van der Waals surface area (Å²) in [5.41, 5.74) is 5.99. The van der Waals surface area contributed by atoms with Gasteiger partial charge in [-0.25, -0.2) is 5.43 Å². The van der Waals surface area contributed by atoms with Gasteiger partial charge in [-0.1, -0.05) is 6.07 Å². The van der Waals surface area contributed by atoms with Crippen molar-refractivity contribution in [1.29, 1.82) is 0 Å². The van der Waals surface area contributed by atoms with Gasteiger partial charge in [0.2, 0.25) is 5.91 Å². The highest BCUT2D eigenvalue weighted by Crippen LogP contribution is 2.23. The van der Waals surface area contributed by atoms with Crippen LogP contribution in [-0.4, -0.2) is 22.0 Å². The zero-order chi connectivity index (χ0) is 11.5. The molecule has 1 aromatic rings. The third kappa shape index (κ3) is 2.92. The zero-order valence-corrected chi connectivity index (χ0v) is 9.61. The Hall–Kier alpha value is -1.66. The molecule has 1 fully saturated rings. The molecular formula is C10H12ClN3O3. The third-order valence-electron chi connectivity index (χ3n) is 2.54. The Morgan fingerprint density at radius 2 is 2.29 bits per heavy atom. The summed E-state index contributed by atoms with van der Waals surface area (Å²) in [5.74, 6) is -2.62. The number of rotatable bonds is 2. The highest BCUT2D eigenvalue weighted by Gasteiger charge is 2.34. The van der Waals surface area contributed by atoms with Gasteiger partial charge in [-0.05, 0) is 18.1 Å². The number of halogens is 1. The highest BCUT2D eigenvalue weighted by atomic mass is 35.5. The summed E-state index contributed by atoms with van der Waals surface area (Å²) in [6.07, 6.45) is 3.51. The third-order valence-corrected chi connectivity index (χ3v) is 2.54. The number of amides is 1. The van der Waals surface area contributed by atoms with Gasteiger partial charge in [0, 0.05) is 12.4 Å². The lowest BCUT2D eigenvalue weighted by Gasteiger charge is -2.27. The van der Waals surface area contributed by atoms with Crippen molar-refractivity contribution in [3.8, 4) is 0 Å². The van der Waals surface area contributed by atoms with Gasteiger partial charge in [-0.15, -0.1) is 12.4 Å². The molecule has 1 aliphatic rings. The van der Waals surface area contributed by atoms with Gasteiger partial charge in [0.25, 0.3) is 0 Å². The van der Waals surface area contributed by atoms with Crippen LogP contribution in [0.1, 0.15) is 18.0 Å². The molecule has 17 heavy (non-hydrogen) atoms. The summed E-state index contributed by atoms with van der Waals surface area (Å²) in [4.78, 5) is 26.0. The average Bonchev–Trinajstić information content (AvgIpc) is 2.30. The number of hydrazine groups is 1. The van der Waals surface area contributed by atoms with Crippen LogP contribution in [0, 0.1) is 5.92 Å². The van der Waals surface area contributed by atoms with Gasteiger partial charge in [0.1, 0.15) is 5.92 Å². The quantitative estimate of drug-likeness (QED) is 0.662. The number of carboxylic acid groups (broad SMARTS) is 1. The number of nitrogens with zero attached hydrogens (tertiary/aromatic N) is 1. The molecule has 3 N–H and O–H groups in total. The molecule has 0 radical (unpaired) electrons. The van der Waals surface area contributed by atoms with E-state index in [-0.39, 0.29) is 24.9 Å². The van der Waals surface area contributed by atoms with E-state index in [9.17, 15) is 9.59 Å². The van der Waals surface area contributed by atoms with E-state index in [0.717, 1.165) is 5.56 Å². The van der Waals surface area contributed by atoms with Crippen LogP contribution in [0.3, 0.4) is 0 Å². The Balaban J connectivity index is 0.00000144. The smallest absolute Gasteiger partial charge is 0.316 e. The van der Waals surface area contributed by atoms with E-state index in [1.54, 1.807) is 18.5 Å². The minimum absolute atomic E-state index is 0. The molecule has 2 atom stereocenters. The van der Waals surface area contributed by atoms with Gasteiger partial charge in [0.05, 0.1) is 6.04 Å². The van der Waals surface area contributed by atoms with Crippen LogP contribution >= 0.6 is 12.4 Å². The van der Waals surface area contributed by atoms with E-state index in [0.29, 0.717) is 0 Å². The van der Waals surface area contributed by atoms with Crippen molar-refractivity contribution in [2.45, 2.75) is 12.5 Å². The molecule has 0 aromatic carbocycles. The molecule has 1 amide bonds. The molecule has 2 unspecified atom stereocenters. The predicted molar refractivity (Wildman–Crippen MR) is 61.2 cm³/mol. The maximum atomic E-state index is 11.2. The first kappa shape index (κ1) is 13.4. The van der Waals surface area contributed by atoms with Crippen molar-refractivity contribution in [3.05, 3.63) is 30.1 Å². The maximum Gasteiger partial charge on any atom is 0.316 e. The molecule has 0 saturated carbocycles. The second-order valence-corrected chi connectivity index (χ2v) is 3.60. The lowest BCUT2D eigenvalue weighted by atomic mass is 9.94. The van der Waals surface area contributed by atoms with Gasteiger partial charge < -0.3 is 5.11 Å². The van der Waals surface area contributed by atoms with Crippen molar-refractivity contribution >= 4 is 24.3 Å². The van der Waals surface area contributed by atoms with Crippen LogP contribution < -0.4 is 10.9 Å². The fraction of sp³-hybridized carbons (Fsp3) is 0.300. The van der Waals surface area contributed by atoms with E-state index in [4.69, 9.17) is 5.11 Å². The Labute approximate surface area is 104 Å². The monoisotopic (exact) mass is 257 g/mol. The first-order valence-corrected chi connectivity index (χ1v) is 4.86. The summed E-state index contributed by atoms with van der Waals surface area (Å²) in [6, 6.07) is 3.39. The van der Waals surface area contributed by atoms with Crippen molar-refractivity contribution < 1.29 is 14.7 Å². The predicted octanol–water partition coefficient (Wildman–Crippen LogP) is 0.270. The lowest BCUT2D eigenvalue weighted by molar-refractivity contribution is -0.149. The van der Waals surface area contributed by atoms with Crippen LogP contribution in [0.15, 0.2) is 24.5 Å². The van der Waals surface area contributed by atoms with E-state index < -0.39 is 17.8 Å². The number of pyridine rings is 1. The fourth-order valence-electron chi connectivity index (χ4n) is 1.66. The van der Waals surface area contributed by atoms with Gasteiger partial charge in [-0.2, -0.15) is 0 Å². The van der Waals surface area contributed by atoms with Gasteiger partial charge >= 0.3 is 5.97 Å². The molecule has 0 aliphatic carbocycles. The molecule has 0 bridgehead atoms. The van der Waals surface area contributed by atoms with Crippen molar-refractivity contribution in [3.63, 3.8) is 0 Å². The number of carbonyl (C=O) groups excluding carboxylic acids is 1. The number of hydrogen-bond acceptors (Lipinski definition) is 4. The second kappa shape index (κ2) is 5.60. The minimum atomic E-state index is -1.10. The largest absolute Gasteiger partial charge is 0.481 e. The number of nitrogens with one attached hydrogen (secondary N) is 2. The van der Waals surface area contributed by atoms with Crippen LogP contribution in [-0.2, 0) is 9.59 Å². The standard InChI is InChI=1S/C10H11N3O3.ClH/c14-9-7(10(15)16)4-8(12-13-9)6-2-1-3-11-5-6;/h1-3,5,7-8,12H,4H2,(H,13,14)(H,15,16);1H. The Morgan fingerprint density at radius 3 is 2.88 bits per heavy atom. The lowest BCUT2D eigenvalue weighted by Crippen LogP contribution is -2.51. The molecule has 1 aliphatic heterocycles. The number of hydrogen-bond donors (Lipinski definition) is 3. The molecule has 7 heteroatoms. The first-order valence-electron chi connectivity index (χ1n) is 4.86. The highest BCUT2D eigenvalue weighted by molar-refractivity contribution is 5.97. The summed E-state index contributed by atoms with van der Waals surface area (Å²) < 4.78 is 0. The molecule has 6 nitrogen and oxygen atoms in total. The Morgan fingerprint density at radius 1 is 1.53 bits per heavy atom. The van der Waals surface area contributed by atoms with E-state index in [2.05, 4.69) is 15.8 Å². The van der Waals surface area contributed by atoms with Gasteiger partial charge in [0.15, 0.2) is 0 Å². The Bertz CT molecular complexity index is 413. The van der Waals surface area contributed by atoms with Crippen LogP contribution in [0.5, 0.6) is 0 Å². The van der Waals surface area contributed by atoms with Crippen molar-refractivity contribution in [1.82, 2.24) is 15.8 Å². The second-order valence-electron chi connectivity index (χ2n) is 3.60. The Kier molecular flexibility index (Phi) is 4.42. The van der Waals surface area contributed by atoms with E-state index in [1.807, 2.05) is 6.07 Å². The summed E-state index contributed by atoms with van der Waals surface area (Å²) in [7, 11) is 0. The molecule has 2 rings (SSSR count). The summed E-state index contributed by atoms with van der Waals surface area (Å²) in [5, 5.41) is 8.87. The number of carbonyl (C=O) groups is 2. The average molecular weight is 258 g/mol. The molecule has 92 valence electrons. The topological polar surface area (TPSA) is 91.3 Å². The fourth-order valence-corrected chi connectivity index (χ4v) is 1.66. The number of carboxylic acids is 1. The first-order chi connectivity index (χ1) is 7.68. The van der Waals surface area contributed by atoms with E-state index >= 15 is 0 Å². The van der Waals surface area contributed by atoms with Crippen molar-refractivity contribution in [2.75, 3.05) is 0 Å². The van der Waals surface area contributed by atoms with Crippen LogP contribution in [0.4, 0.5) is 0 Å². The summed E-state index contributed by atoms with van der Waals surface area (Å²) >= 11 is 0. The molecular weight excluding hydrogens is 246 g/mol. The zero-order valence-electron chi connectivity index (χ0n) is 8.79. The molecule has 1 aromatic heterocycles. The number of aliphatic carboxylic acids is 1. The van der Waals surface area contributed by atoms with E-state index in [1.165, 1.54) is 0 Å². The maximum absolute atomic E-state index is 11.2. The molecule has 1 saturated heterocycles. The number of aromatic nitrogens is 1. The molecule has 2 heterocycles. The normalized spacial score (nSPS) is 23.4. The molecule has 0 spiro atoms. The van der Waals surface area contributed by atoms with Crippen LogP contribution in [0.25, 0.3) is 0 Å². The van der Waals surface area contributed by atoms with Gasteiger partial charge in [-0.3, -0.25) is 20.0 Å².